The van der Waals surface area contributed by atoms with Gasteiger partial charge in [0.15, 0.2) is 12.2 Å². The fourth-order valence-electron chi connectivity index (χ4n) is 3.03. The van der Waals surface area contributed by atoms with E-state index in [1.807, 2.05) is 12.1 Å². The highest BCUT2D eigenvalue weighted by Gasteiger charge is 2.21. The van der Waals surface area contributed by atoms with Crippen LogP contribution >= 0.6 is 11.5 Å². The van der Waals surface area contributed by atoms with Crippen molar-refractivity contribution < 1.29 is 4.42 Å². The Labute approximate surface area is 139 Å². The van der Waals surface area contributed by atoms with Crippen molar-refractivity contribution in [1.29, 1.82) is 0 Å². The van der Waals surface area contributed by atoms with E-state index in [4.69, 9.17) is 4.42 Å². The maximum Gasteiger partial charge on any atom is 0.202 e. The van der Waals surface area contributed by atoms with Crippen molar-refractivity contribution in [3.63, 3.8) is 0 Å². The lowest BCUT2D eigenvalue weighted by Gasteiger charge is -2.05. The van der Waals surface area contributed by atoms with E-state index in [1.54, 1.807) is 6.20 Å². The van der Waals surface area contributed by atoms with Crippen LogP contribution in [0.5, 0.6) is 0 Å². The minimum absolute atomic E-state index is 0.566. The molecule has 23 heavy (non-hydrogen) atoms. The van der Waals surface area contributed by atoms with Crippen molar-refractivity contribution in [3.8, 4) is 11.3 Å². The standard InChI is InChI=1S/C17H18N4OS/c1-2-6-13(5-1)16-20-17(23-21-16)19-9-12-4-3-7-14(8-12)15-10-18-11-22-15/h3-4,7-8,10-11,13H,1-2,5-6,9H2,(H,19,20,21). The van der Waals surface area contributed by atoms with Crippen LogP contribution in [0.2, 0.25) is 0 Å². The molecule has 0 saturated heterocycles. The van der Waals surface area contributed by atoms with Gasteiger partial charge in [-0.25, -0.2) is 9.97 Å². The summed E-state index contributed by atoms with van der Waals surface area (Å²) in [4.78, 5) is 8.61. The van der Waals surface area contributed by atoms with E-state index >= 15 is 0 Å². The first-order valence-electron chi connectivity index (χ1n) is 7.94. The fourth-order valence-corrected chi connectivity index (χ4v) is 3.67. The highest BCUT2D eigenvalue weighted by molar-refractivity contribution is 7.09. The molecular formula is C17H18N4OS. The molecule has 0 aliphatic heterocycles. The molecule has 3 aromatic rings. The van der Waals surface area contributed by atoms with Gasteiger partial charge in [0.1, 0.15) is 5.82 Å². The average molecular weight is 326 g/mol. The first-order valence-corrected chi connectivity index (χ1v) is 8.71. The summed E-state index contributed by atoms with van der Waals surface area (Å²) < 4.78 is 9.86. The normalized spacial score (nSPS) is 15.1. The van der Waals surface area contributed by atoms with Gasteiger partial charge in [-0.05, 0) is 24.5 Å². The van der Waals surface area contributed by atoms with Gasteiger partial charge in [0, 0.05) is 29.6 Å². The third-order valence-corrected chi connectivity index (χ3v) is 4.94. The number of anilines is 1. The predicted molar refractivity (Wildman–Crippen MR) is 90.4 cm³/mol. The highest BCUT2D eigenvalue weighted by Crippen LogP contribution is 2.33. The van der Waals surface area contributed by atoms with Crippen LogP contribution in [0.3, 0.4) is 0 Å². The topological polar surface area (TPSA) is 63.8 Å². The van der Waals surface area contributed by atoms with E-state index in [1.165, 1.54) is 49.2 Å². The zero-order chi connectivity index (χ0) is 15.5. The third kappa shape index (κ3) is 3.27. The van der Waals surface area contributed by atoms with Crippen LogP contribution in [0.4, 0.5) is 5.13 Å². The van der Waals surface area contributed by atoms with Gasteiger partial charge in [0.2, 0.25) is 5.13 Å². The number of nitrogens with one attached hydrogen (secondary N) is 1. The molecule has 6 heteroatoms. The van der Waals surface area contributed by atoms with Crippen LogP contribution in [-0.4, -0.2) is 14.3 Å². The Morgan fingerprint density at radius 3 is 3.00 bits per heavy atom. The number of rotatable bonds is 5. The lowest BCUT2D eigenvalue weighted by Crippen LogP contribution is -2.00. The number of hydrogen-bond donors (Lipinski definition) is 1. The summed E-state index contributed by atoms with van der Waals surface area (Å²) >= 11 is 1.46. The molecule has 2 aromatic heterocycles. The maximum atomic E-state index is 5.35. The summed E-state index contributed by atoms with van der Waals surface area (Å²) in [7, 11) is 0. The Hall–Kier alpha value is -2.21. The number of oxazole rings is 1. The number of hydrogen-bond acceptors (Lipinski definition) is 6. The second kappa shape index (κ2) is 6.50. The van der Waals surface area contributed by atoms with Gasteiger partial charge in [-0.3, -0.25) is 0 Å². The van der Waals surface area contributed by atoms with Crippen molar-refractivity contribution >= 4 is 16.7 Å². The average Bonchev–Trinajstić information content (AvgIpc) is 3.35. The van der Waals surface area contributed by atoms with Crippen LogP contribution in [0.1, 0.15) is 43.0 Å². The number of benzene rings is 1. The van der Waals surface area contributed by atoms with E-state index in [0.717, 1.165) is 28.8 Å². The molecule has 5 nitrogen and oxygen atoms in total. The first kappa shape index (κ1) is 14.4. The lowest BCUT2D eigenvalue weighted by molar-refractivity contribution is 0.572. The quantitative estimate of drug-likeness (QED) is 0.750. The second-order valence-electron chi connectivity index (χ2n) is 5.86. The van der Waals surface area contributed by atoms with Crippen LogP contribution < -0.4 is 5.32 Å². The smallest absolute Gasteiger partial charge is 0.202 e. The minimum atomic E-state index is 0.566. The highest BCUT2D eigenvalue weighted by atomic mass is 32.1. The minimum Gasteiger partial charge on any atom is -0.444 e. The van der Waals surface area contributed by atoms with Crippen LogP contribution in [-0.2, 0) is 6.54 Å². The number of aromatic nitrogens is 3. The largest absolute Gasteiger partial charge is 0.444 e. The van der Waals surface area contributed by atoms with E-state index in [-0.39, 0.29) is 0 Å². The Morgan fingerprint density at radius 1 is 1.26 bits per heavy atom. The molecule has 0 spiro atoms. The summed E-state index contributed by atoms with van der Waals surface area (Å²) in [6.07, 6.45) is 8.25. The lowest BCUT2D eigenvalue weighted by atomic mass is 10.1. The van der Waals surface area contributed by atoms with Crippen LogP contribution in [0.15, 0.2) is 41.3 Å². The molecule has 1 fully saturated rings. The van der Waals surface area contributed by atoms with E-state index in [0.29, 0.717) is 5.92 Å². The van der Waals surface area contributed by atoms with Crippen LogP contribution in [0.25, 0.3) is 11.3 Å². The molecule has 4 rings (SSSR count). The zero-order valence-electron chi connectivity index (χ0n) is 12.7. The summed E-state index contributed by atoms with van der Waals surface area (Å²) in [5.41, 5.74) is 2.21. The molecule has 1 aliphatic rings. The van der Waals surface area contributed by atoms with Gasteiger partial charge < -0.3 is 9.73 Å². The first-order chi connectivity index (χ1) is 11.4. The van der Waals surface area contributed by atoms with Gasteiger partial charge in [-0.15, -0.1) is 0 Å². The maximum absolute atomic E-state index is 5.35. The summed E-state index contributed by atoms with van der Waals surface area (Å²) in [6.45, 7) is 0.723. The monoisotopic (exact) mass is 326 g/mol. The van der Waals surface area contributed by atoms with Gasteiger partial charge in [-0.1, -0.05) is 31.0 Å². The molecular weight excluding hydrogens is 308 g/mol. The fraction of sp³-hybridized carbons (Fsp3) is 0.353. The van der Waals surface area contributed by atoms with Crippen molar-refractivity contribution in [2.45, 2.75) is 38.1 Å². The summed E-state index contributed by atoms with van der Waals surface area (Å²) in [6, 6.07) is 8.24. The molecule has 0 amide bonds. The molecule has 1 aromatic carbocycles. The Balaban J connectivity index is 1.42. The van der Waals surface area contributed by atoms with E-state index in [9.17, 15) is 0 Å². The van der Waals surface area contributed by atoms with Crippen molar-refractivity contribution in [3.05, 3.63) is 48.2 Å². The van der Waals surface area contributed by atoms with E-state index < -0.39 is 0 Å². The van der Waals surface area contributed by atoms with Crippen LogP contribution in [0, 0.1) is 0 Å². The predicted octanol–water partition coefficient (Wildman–Crippen LogP) is 4.46. The van der Waals surface area contributed by atoms with Gasteiger partial charge in [-0.2, -0.15) is 4.37 Å². The molecule has 0 atom stereocenters. The Bertz CT molecular complexity index is 763. The van der Waals surface area contributed by atoms with Gasteiger partial charge in [0.25, 0.3) is 0 Å². The van der Waals surface area contributed by atoms with Crippen molar-refractivity contribution in [1.82, 2.24) is 14.3 Å². The zero-order valence-corrected chi connectivity index (χ0v) is 13.6. The van der Waals surface area contributed by atoms with Crippen molar-refractivity contribution in [2.24, 2.45) is 0 Å². The summed E-state index contributed by atoms with van der Waals surface area (Å²) in [5, 5.41) is 4.28. The Morgan fingerprint density at radius 2 is 2.17 bits per heavy atom. The van der Waals surface area contributed by atoms with Crippen molar-refractivity contribution in [2.75, 3.05) is 5.32 Å². The molecule has 1 N–H and O–H groups in total. The SMILES string of the molecule is c1cc(CNc2nc(C3CCCC3)ns2)cc(-c2cnco2)c1. The van der Waals surface area contributed by atoms with E-state index in [2.05, 4.69) is 31.8 Å². The van der Waals surface area contributed by atoms with Gasteiger partial charge >= 0.3 is 0 Å². The molecule has 1 saturated carbocycles. The molecule has 118 valence electrons. The molecule has 2 heterocycles. The third-order valence-electron chi connectivity index (χ3n) is 4.25. The Kier molecular flexibility index (Phi) is 4.06. The molecule has 0 unspecified atom stereocenters. The number of nitrogens with zero attached hydrogens (tertiary/aromatic N) is 3. The second-order valence-corrected chi connectivity index (χ2v) is 6.61. The molecule has 0 radical (unpaired) electrons. The van der Waals surface area contributed by atoms with Gasteiger partial charge in [0.05, 0.1) is 6.20 Å². The summed E-state index contributed by atoms with van der Waals surface area (Å²) in [5.74, 6) is 2.37. The molecule has 1 aliphatic carbocycles. The molecule has 0 bridgehead atoms.